The summed E-state index contributed by atoms with van der Waals surface area (Å²) in [5, 5.41) is 7.33. The van der Waals surface area contributed by atoms with Crippen LogP contribution in [0.5, 0.6) is 5.75 Å². The van der Waals surface area contributed by atoms with Gasteiger partial charge >= 0.3 is 6.36 Å². The monoisotopic (exact) mass is 479 g/mol. The van der Waals surface area contributed by atoms with Crippen LogP contribution < -0.4 is 10.1 Å². The lowest BCUT2D eigenvalue weighted by atomic mass is 10.1. The SMILES string of the molecule is Cc1cccc(-c2[nH]c(CNCc3ccccc3OC(F)(F)F)nc2-c2ccc3ncnn3c2)n1. The molecular weight excluding hydrogens is 459 g/mol. The standard InChI is InChI=1S/C24H20F3N7O/c1-15-5-4-7-18(31-15)23-22(17-9-10-21-29-14-30-34(21)13-17)32-20(33-23)12-28-11-16-6-2-3-8-19(16)35-24(25,26)27/h2-10,13-14,28H,11-12H2,1H3,(H,32,33). The summed E-state index contributed by atoms with van der Waals surface area (Å²) in [6, 6.07) is 15.5. The summed E-state index contributed by atoms with van der Waals surface area (Å²) in [6.07, 6.45) is -1.45. The molecule has 8 nitrogen and oxygen atoms in total. The van der Waals surface area contributed by atoms with E-state index in [1.807, 2.05) is 43.5 Å². The number of pyridine rings is 2. The predicted molar refractivity (Wildman–Crippen MR) is 122 cm³/mol. The number of benzene rings is 1. The van der Waals surface area contributed by atoms with Gasteiger partial charge in [-0.05, 0) is 37.3 Å². The van der Waals surface area contributed by atoms with Gasteiger partial charge in [-0.15, -0.1) is 13.2 Å². The minimum Gasteiger partial charge on any atom is -0.405 e. The Morgan fingerprint density at radius 3 is 2.69 bits per heavy atom. The zero-order chi connectivity index (χ0) is 24.4. The molecule has 0 amide bonds. The Labute approximate surface area is 197 Å². The lowest BCUT2D eigenvalue weighted by Gasteiger charge is -2.13. The van der Waals surface area contributed by atoms with E-state index in [0.717, 1.165) is 22.6 Å². The van der Waals surface area contributed by atoms with Crippen molar-refractivity contribution in [3.05, 3.63) is 84.2 Å². The van der Waals surface area contributed by atoms with Gasteiger partial charge in [0.1, 0.15) is 17.9 Å². The Kier molecular flexibility index (Phi) is 5.91. The lowest BCUT2D eigenvalue weighted by Crippen LogP contribution is -2.20. The van der Waals surface area contributed by atoms with Gasteiger partial charge < -0.3 is 15.0 Å². The van der Waals surface area contributed by atoms with Crippen molar-refractivity contribution in [3.8, 4) is 28.4 Å². The molecule has 4 heterocycles. The topological polar surface area (TPSA) is 93.0 Å². The van der Waals surface area contributed by atoms with Crippen LogP contribution in [0.1, 0.15) is 17.1 Å². The quantitative estimate of drug-likeness (QED) is 0.352. The fourth-order valence-corrected chi connectivity index (χ4v) is 3.73. The summed E-state index contributed by atoms with van der Waals surface area (Å²) in [7, 11) is 0. The number of nitrogens with one attached hydrogen (secondary N) is 2. The van der Waals surface area contributed by atoms with Gasteiger partial charge in [-0.25, -0.2) is 14.5 Å². The number of fused-ring (bicyclic) bond motifs is 1. The number of H-pyrrole nitrogens is 1. The Hall–Kier alpha value is -4.25. The predicted octanol–water partition coefficient (Wildman–Crippen LogP) is 4.68. The Morgan fingerprint density at radius 2 is 1.86 bits per heavy atom. The molecule has 0 aliphatic rings. The van der Waals surface area contributed by atoms with Crippen molar-refractivity contribution in [3.63, 3.8) is 0 Å². The molecule has 0 radical (unpaired) electrons. The van der Waals surface area contributed by atoms with Gasteiger partial charge in [-0.1, -0.05) is 24.3 Å². The van der Waals surface area contributed by atoms with E-state index in [2.05, 4.69) is 30.1 Å². The molecule has 0 atom stereocenters. The highest BCUT2D eigenvalue weighted by Gasteiger charge is 2.31. The molecule has 0 fully saturated rings. The van der Waals surface area contributed by atoms with E-state index in [0.29, 0.717) is 22.7 Å². The van der Waals surface area contributed by atoms with E-state index in [9.17, 15) is 13.2 Å². The first-order valence-electron chi connectivity index (χ1n) is 10.7. The first kappa shape index (κ1) is 22.5. The lowest BCUT2D eigenvalue weighted by molar-refractivity contribution is -0.274. The Bertz CT molecular complexity index is 1480. The van der Waals surface area contributed by atoms with Crippen molar-refractivity contribution < 1.29 is 17.9 Å². The van der Waals surface area contributed by atoms with Crippen molar-refractivity contribution in [2.75, 3.05) is 0 Å². The highest BCUT2D eigenvalue weighted by molar-refractivity contribution is 5.77. The molecule has 0 spiro atoms. The zero-order valence-electron chi connectivity index (χ0n) is 18.5. The van der Waals surface area contributed by atoms with Crippen LogP contribution in [0.2, 0.25) is 0 Å². The second-order valence-electron chi connectivity index (χ2n) is 7.81. The number of aryl methyl sites for hydroxylation is 1. The molecular formula is C24H20F3N7O. The molecule has 0 aliphatic carbocycles. The summed E-state index contributed by atoms with van der Waals surface area (Å²) in [5.74, 6) is 0.365. The molecule has 5 rings (SSSR count). The van der Waals surface area contributed by atoms with Gasteiger partial charge in [0.05, 0.1) is 23.6 Å². The molecule has 35 heavy (non-hydrogen) atoms. The van der Waals surface area contributed by atoms with Crippen LogP contribution in [-0.4, -0.2) is 35.9 Å². The van der Waals surface area contributed by atoms with Crippen molar-refractivity contribution in [2.45, 2.75) is 26.4 Å². The van der Waals surface area contributed by atoms with Gasteiger partial charge in [-0.2, -0.15) is 5.10 Å². The number of aromatic nitrogens is 6. The number of nitrogens with zero attached hydrogens (tertiary/aromatic N) is 5. The maximum atomic E-state index is 12.7. The van der Waals surface area contributed by atoms with E-state index in [-0.39, 0.29) is 18.8 Å². The maximum absolute atomic E-state index is 12.7. The number of rotatable bonds is 7. The molecule has 178 valence electrons. The first-order valence-corrected chi connectivity index (χ1v) is 10.7. The van der Waals surface area contributed by atoms with Gasteiger partial charge in [-0.3, -0.25) is 4.98 Å². The molecule has 0 saturated heterocycles. The average Bonchev–Trinajstić information content (AvgIpc) is 3.46. The van der Waals surface area contributed by atoms with Crippen molar-refractivity contribution in [1.29, 1.82) is 0 Å². The molecule has 4 aromatic heterocycles. The van der Waals surface area contributed by atoms with Crippen molar-refractivity contribution in [1.82, 2.24) is 34.9 Å². The average molecular weight is 479 g/mol. The van der Waals surface area contributed by atoms with Gasteiger partial charge in [0.2, 0.25) is 0 Å². The van der Waals surface area contributed by atoms with E-state index < -0.39 is 6.36 Å². The maximum Gasteiger partial charge on any atom is 0.573 e. The van der Waals surface area contributed by atoms with Crippen LogP contribution in [-0.2, 0) is 13.1 Å². The third kappa shape index (κ3) is 5.14. The van der Waals surface area contributed by atoms with E-state index in [1.54, 1.807) is 16.6 Å². The van der Waals surface area contributed by atoms with Gasteiger partial charge in [0.15, 0.2) is 5.65 Å². The van der Waals surface area contributed by atoms with Crippen LogP contribution in [0.15, 0.2) is 67.1 Å². The van der Waals surface area contributed by atoms with Crippen molar-refractivity contribution >= 4 is 5.65 Å². The Balaban J connectivity index is 1.42. The number of alkyl halides is 3. The van der Waals surface area contributed by atoms with Crippen LogP contribution in [0.25, 0.3) is 28.3 Å². The third-order valence-electron chi connectivity index (χ3n) is 5.25. The highest BCUT2D eigenvalue weighted by Crippen LogP contribution is 2.30. The number of halogens is 3. The smallest absolute Gasteiger partial charge is 0.405 e. The summed E-state index contributed by atoms with van der Waals surface area (Å²) in [4.78, 5) is 16.9. The minimum absolute atomic E-state index is 0.158. The zero-order valence-corrected chi connectivity index (χ0v) is 18.5. The second kappa shape index (κ2) is 9.18. The van der Waals surface area contributed by atoms with Crippen LogP contribution >= 0.6 is 0 Å². The summed E-state index contributed by atoms with van der Waals surface area (Å²) >= 11 is 0. The minimum atomic E-state index is -4.76. The fourth-order valence-electron chi connectivity index (χ4n) is 3.73. The van der Waals surface area contributed by atoms with Crippen LogP contribution in [0.3, 0.4) is 0 Å². The third-order valence-corrected chi connectivity index (χ3v) is 5.25. The fraction of sp³-hybridized carbons (Fsp3) is 0.167. The molecule has 5 aromatic rings. The summed E-state index contributed by atoms with van der Waals surface area (Å²) in [5.41, 5.74) is 4.89. The molecule has 0 saturated carbocycles. The molecule has 0 aliphatic heterocycles. The normalized spacial score (nSPS) is 11.8. The first-order chi connectivity index (χ1) is 16.9. The number of para-hydroxylation sites is 1. The summed E-state index contributed by atoms with van der Waals surface area (Å²) in [6.45, 7) is 2.35. The highest BCUT2D eigenvalue weighted by atomic mass is 19.4. The second-order valence-corrected chi connectivity index (χ2v) is 7.81. The molecule has 1 aromatic carbocycles. The number of imidazole rings is 1. The molecule has 2 N–H and O–H groups in total. The van der Waals surface area contributed by atoms with E-state index in [4.69, 9.17) is 4.98 Å². The van der Waals surface area contributed by atoms with Crippen molar-refractivity contribution in [2.24, 2.45) is 0 Å². The largest absolute Gasteiger partial charge is 0.573 e. The summed E-state index contributed by atoms with van der Waals surface area (Å²) < 4.78 is 43.9. The molecule has 0 bridgehead atoms. The number of hydrogen-bond donors (Lipinski definition) is 2. The number of aromatic amines is 1. The Morgan fingerprint density at radius 1 is 1.00 bits per heavy atom. The number of ether oxygens (including phenoxy) is 1. The van der Waals surface area contributed by atoms with Gasteiger partial charge in [0.25, 0.3) is 0 Å². The number of hydrogen-bond acceptors (Lipinski definition) is 6. The molecule has 0 unspecified atom stereocenters. The van der Waals surface area contributed by atoms with E-state index >= 15 is 0 Å². The van der Waals surface area contributed by atoms with Gasteiger partial charge in [0, 0.05) is 29.6 Å². The van der Waals surface area contributed by atoms with E-state index in [1.165, 1.54) is 18.5 Å². The van der Waals surface area contributed by atoms with Crippen LogP contribution in [0.4, 0.5) is 13.2 Å². The van der Waals surface area contributed by atoms with Crippen LogP contribution in [0, 0.1) is 6.92 Å². The molecule has 11 heteroatoms.